The molecule has 0 bridgehead atoms. The van der Waals surface area contributed by atoms with Crippen molar-refractivity contribution >= 4 is 5.97 Å². The quantitative estimate of drug-likeness (QED) is 0.812. The molecule has 0 atom stereocenters. The molecule has 0 spiro atoms. The average molecular weight is 289 g/mol. The summed E-state index contributed by atoms with van der Waals surface area (Å²) in [6.45, 7) is 3.81. The van der Waals surface area contributed by atoms with Crippen molar-refractivity contribution in [3.05, 3.63) is 41.2 Å². The minimum Gasteiger partial charge on any atom is -0.497 e. The summed E-state index contributed by atoms with van der Waals surface area (Å²) in [6.07, 6.45) is 0. The maximum Gasteiger partial charge on any atom is 0.339 e. The fourth-order valence-electron chi connectivity index (χ4n) is 2.42. The van der Waals surface area contributed by atoms with E-state index in [1.807, 2.05) is 42.7 Å². The van der Waals surface area contributed by atoms with Crippen LogP contribution in [0, 0.1) is 13.8 Å². The smallest absolute Gasteiger partial charge is 0.339 e. The van der Waals surface area contributed by atoms with Crippen LogP contribution in [0.2, 0.25) is 0 Å². The first kappa shape index (κ1) is 15.0. The molecule has 0 fully saturated rings. The van der Waals surface area contributed by atoms with Crippen LogP contribution in [-0.2, 0) is 4.74 Å². The Morgan fingerprint density at radius 2 is 1.76 bits per heavy atom. The number of benzene rings is 1. The van der Waals surface area contributed by atoms with Crippen LogP contribution >= 0.6 is 0 Å². The summed E-state index contributed by atoms with van der Waals surface area (Å²) in [5, 5.41) is 0. The number of nitrogens with zero attached hydrogens (tertiary/aromatic N) is 1. The highest BCUT2D eigenvalue weighted by molar-refractivity contribution is 5.91. The standard InChI is InChI=1S/C16H19NO4/c1-10-8-13(16(18)21-5)11(2)17(10)14-7-6-12(19-3)9-15(14)20-4/h6-9H,1-5H3. The van der Waals surface area contributed by atoms with E-state index in [2.05, 4.69) is 0 Å². The predicted octanol–water partition coefficient (Wildman–Crippen LogP) is 2.90. The van der Waals surface area contributed by atoms with Crippen LogP contribution in [0.15, 0.2) is 24.3 Å². The van der Waals surface area contributed by atoms with Gasteiger partial charge < -0.3 is 18.8 Å². The van der Waals surface area contributed by atoms with E-state index in [9.17, 15) is 4.79 Å². The Morgan fingerprint density at radius 1 is 1.05 bits per heavy atom. The molecule has 1 aromatic heterocycles. The largest absolute Gasteiger partial charge is 0.497 e. The van der Waals surface area contributed by atoms with Gasteiger partial charge in [0.05, 0.1) is 32.6 Å². The van der Waals surface area contributed by atoms with E-state index in [0.29, 0.717) is 17.1 Å². The fraction of sp³-hybridized carbons (Fsp3) is 0.312. The van der Waals surface area contributed by atoms with Gasteiger partial charge in [0.15, 0.2) is 0 Å². The fourth-order valence-corrected chi connectivity index (χ4v) is 2.42. The van der Waals surface area contributed by atoms with Crippen molar-refractivity contribution in [2.24, 2.45) is 0 Å². The molecule has 2 aromatic rings. The first-order valence-corrected chi connectivity index (χ1v) is 6.53. The average Bonchev–Trinajstić information content (AvgIpc) is 2.80. The first-order valence-electron chi connectivity index (χ1n) is 6.53. The Bertz CT molecular complexity index is 673. The SMILES string of the molecule is COC(=O)c1cc(C)n(-c2ccc(OC)cc2OC)c1C. The molecule has 0 aliphatic rings. The normalized spacial score (nSPS) is 10.3. The molecular formula is C16H19NO4. The predicted molar refractivity (Wildman–Crippen MR) is 79.7 cm³/mol. The molecule has 0 saturated heterocycles. The topological polar surface area (TPSA) is 49.7 Å². The molecular weight excluding hydrogens is 270 g/mol. The zero-order valence-corrected chi connectivity index (χ0v) is 12.9. The third-order valence-electron chi connectivity index (χ3n) is 3.46. The molecule has 1 aromatic carbocycles. The van der Waals surface area contributed by atoms with Crippen molar-refractivity contribution < 1.29 is 19.0 Å². The number of aromatic nitrogens is 1. The zero-order chi connectivity index (χ0) is 15.6. The molecule has 5 heteroatoms. The van der Waals surface area contributed by atoms with E-state index in [1.54, 1.807) is 14.2 Å². The van der Waals surface area contributed by atoms with Gasteiger partial charge in [-0.2, -0.15) is 0 Å². The van der Waals surface area contributed by atoms with E-state index in [0.717, 1.165) is 17.1 Å². The van der Waals surface area contributed by atoms with E-state index in [-0.39, 0.29) is 5.97 Å². The van der Waals surface area contributed by atoms with Gasteiger partial charge >= 0.3 is 5.97 Å². The summed E-state index contributed by atoms with van der Waals surface area (Å²) in [7, 11) is 4.59. The lowest BCUT2D eigenvalue weighted by molar-refractivity contribution is 0.0600. The lowest BCUT2D eigenvalue weighted by Crippen LogP contribution is -2.06. The van der Waals surface area contributed by atoms with Crippen LogP contribution in [0.5, 0.6) is 11.5 Å². The molecule has 0 aliphatic heterocycles. The Labute approximate surface area is 124 Å². The third-order valence-corrected chi connectivity index (χ3v) is 3.46. The number of carbonyl (C=O) groups excluding carboxylic acids is 1. The van der Waals surface area contributed by atoms with Gasteiger partial charge in [-0.1, -0.05) is 0 Å². The number of methoxy groups -OCH3 is 3. The summed E-state index contributed by atoms with van der Waals surface area (Å²) in [4.78, 5) is 11.8. The van der Waals surface area contributed by atoms with Gasteiger partial charge in [0.25, 0.3) is 0 Å². The highest BCUT2D eigenvalue weighted by Gasteiger charge is 2.19. The van der Waals surface area contributed by atoms with Crippen LogP contribution in [0.3, 0.4) is 0 Å². The summed E-state index contributed by atoms with van der Waals surface area (Å²) < 4.78 is 17.4. The van der Waals surface area contributed by atoms with E-state index < -0.39 is 0 Å². The summed E-state index contributed by atoms with van der Waals surface area (Å²) in [5.74, 6) is 1.04. The van der Waals surface area contributed by atoms with E-state index >= 15 is 0 Å². The molecule has 0 radical (unpaired) electrons. The minimum absolute atomic E-state index is 0.346. The second-order valence-corrected chi connectivity index (χ2v) is 4.65. The van der Waals surface area contributed by atoms with Gasteiger partial charge in [-0.3, -0.25) is 0 Å². The Hall–Kier alpha value is -2.43. The maximum atomic E-state index is 11.8. The van der Waals surface area contributed by atoms with Gasteiger partial charge in [-0.15, -0.1) is 0 Å². The second kappa shape index (κ2) is 5.91. The number of carbonyl (C=O) groups is 1. The number of hydrogen-bond donors (Lipinski definition) is 0. The maximum absolute atomic E-state index is 11.8. The molecule has 5 nitrogen and oxygen atoms in total. The second-order valence-electron chi connectivity index (χ2n) is 4.65. The van der Waals surface area contributed by atoms with E-state index in [1.165, 1.54) is 7.11 Å². The lowest BCUT2D eigenvalue weighted by Gasteiger charge is -2.15. The van der Waals surface area contributed by atoms with Crippen LogP contribution in [-0.4, -0.2) is 31.9 Å². The number of hydrogen-bond acceptors (Lipinski definition) is 4. The minimum atomic E-state index is -0.346. The Kier molecular flexibility index (Phi) is 4.21. The van der Waals surface area contributed by atoms with Crippen molar-refractivity contribution in [1.29, 1.82) is 0 Å². The summed E-state index contributed by atoms with van der Waals surface area (Å²) in [5.41, 5.74) is 3.13. The Morgan fingerprint density at radius 3 is 2.33 bits per heavy atom. The van der Waals surface area contributed by atoms with Gasteiger partial charge in [-0.25, -0.2) is 4.79 Å². The molecule has 2 rings (SSSR count). The number of ether oxygens (including phenoxy) is 3. The lowest BCUT2D eigenvalue weighted by atomic mass is 10.2. The van der Waals surface area contributed by atoms with Crippen molar-refractivity contribution in [2.75, 3.05) is 21.3 Å². The number of aryl methyl sites for hydroxylation is 1. The van der Waals surface area contributed by atoms with Crippen molar-refractivity contribution in [2.45, 2.75) is 13.8 Å². The van der Waals surface area contributed by atoms with Gasteiger partial charge in [0.1, 0.15) is 11.5 Å². The highest BCUT2D eigenvalue weighted by atomic mass is 16.5. The first-order chi connectivity index (χ1) is 10.0. The summed E-state index contributed by atoms with van der Waals surface area (Å²) >= 11 is 0. The molecule has 112 valence electrons. The summed E-state index contributed by atoms with van der Waals surface area (Å²) in [6, 6.07) is 7.38. The van der Waals surface area contributed by atoms with Gasteiger partial charge in [0.2, 0.25) is 0 Å². The molecule has 0 aliphatic carbocycles. The number of rotatable bonds is 4. The zero-order valence-electron chi connectivity index (χ0n) is 12.9. The monoisotopic (exact) mass is 289 g/mol. The molecule has 21 heavy (non-hydrogen) atoms. The van der Waals surface area contributed by atoms with Crippen LogP contribution in [0.4, 0.5) is 0 Å². The van der Waals surface area contributed by atoms with Crippen LogP contribution in [0.25, 0.3) is 5.69 Å². The highest BCUT2D eigenvalue weighted by Crippen LogP contribution is 2.31. The van der Waals surface area contributed by atoms with Gasteiger partial charge in [0, 0.05) is 17.5 Å². The molecule has 0 unspecified atom stereocenters. The molecule has 0 amide bonds. The van der Waals surface area contributed by atoms with Gasteiger partial charge in [-0.05, 0) is 32.0 Å². The van der Waals surface area contributed by atoms with Crippen molar-refractivity contribution in [1.82, 2.24) is 4.57 Å². The van der Waals surface area contributed by atoms with Crippen LogP contribution in [0.1, 0.15) is 21.7 Å². The molecule has 0 N–H and O–H groups in total. The Balaban J connectivity index is 2.62. The molecule has 1 heterocycles. The van der Waals surface area contributed by atoms with E-state index in [4.69, 9.17) is 14.2 Å². The van der Waals surface area contributed by atoms with Crippen molar-refractivity contribution in [3.63, 3.8) is 0 Å². The van der Waals surface area contributed by atoms with Crippen LogP contribution < -0.4 is 9.47 Å². The molecule has 0 saturated carbocycles. The number of esters is 1. The third kappa shape index (κ3) is 2.59. The van der Waals surface area contributed by atoms with Crippen molar-refractivity contribution in [3.8, 4) is 17.2 Å².